The maximum atomic E-state index is 13.0. The van der Waals surface area contributed by atoms with E-state index in [4.69, 9.17) is 9.84 Å². The predicted molar refractivity (Wildman–Crippen MR) is 133 cm³/mol. The van der Waals surface area contributed by atoms with E-state index in [1.807, 2.05) is 31.2 Å². The molecule has 0 bridgehead atoms. The lowest BCUT2D eigenvalue weighted by atomic mass is 9.93. The predicted octanol–water partition coefficient (Wildman–Crippen LogP) is 4.84. The Bertz CT molecular complexity index is 1020. The molecule has 2 aliphatic rings. The van der Waals surface area contributed by atoms with Gasteiger partial charge in [0.15, 0.2) is 0 Å². The van der Waals surface area contributed by atoms with Gasteiger partial charge < -0.3 is 20.5 Å². The van der Waals surface area contributed by atoms with Crippen molar-refractivity contribution < 1.29 is 24.2 Å². The van der Waals surface area contributed by atoms with Crippen molar-refractivity contribution in [3.63, 3.8) is 0 Å². The number of amides is 2. The minimum atomic E-state index is -0.939. The zero-order valence-electron chi connectivity index (χ0n) is 20.2. The Morgan fingerprint density at radius 1 is 0.971 bits per heavy atom. The molecule has 3 N–H and O–H groups in total. The van der Waals surface area contributed by atoms with E-state index in [0.717, 1.165) is 30.4 Å². The molecule has 4 rings (SSSR count). The van der Waals surface area contributed by atoms with Gasteiger partial charge in [-0.05, 0) is 41.5 Å². The van der Waals surface area contributed by atoms with E-state index in [1.165, 1.54) is 11.1 Å². The molecular formula is C28H34N2O5. The van der Waals surface area contributed by atoms with Crippen molar-refractivity contribution in [3.8, 4) is 11.1 Å². The summed E-state index contributed by atoms with van der Waals surface area (Å²) in [7, 11) is 0. The molecular weight excluding hydrogens is 444 g/mol. The van der Waals surface area contributed by atoms with Crippen LogP contribution < -0.4 is 10.6 Å². The molecule has 35 heavy (non-hydrogen) atoms. The lowest BCUT2D eigenvalue weighted by Gasteiger charge is -2.27. The van der Waals surface area contributed by atoms with E-state index in [0.29, 0.717) is 19.3 Å². The van der Waals surface area contributed by atoms with Gasteiger partial charge in [-0.2, -0.15) is 0 Å². The second-order valence-corrected chi connectivity index (χ2v) is 9.53. The third kappa shape index (κ3) is 5.84. The first-order chi connectivity index (χ1) is 17.0. The van der Waals surface area contributed by atoms with Gasteiger partial charge in [0.25, 0.3) is 0 Å². The number of hydrogen-bond acceptors (Lipinski definition) is 4. The number of ether oxygens (including phenoxy) is 1. The summed E-state index contributed by atoms with van der Waals surface area (Å²) in [5.74, 6) is -1.56. The molecule has 3 atom stereocenters. The number of carboxylic acids is 1. The normalized spacial score (nSPS) is 20.1. The molecule has 0 aromatic heterocycles. The lowest BCUT2D eigenvalue weighted by Crippen LogP contribution is -2.49. The summed E-state index contributed by atoms with van der Waals surface area (Å²) < 4.78 is 5.71. The number of carboxylic acid groups (broad SMARTS) is 1. The van der Waals surface area contributed by atoms with Crippen LogP contribution in [0.2, 0.25) is 0 Å². The number of carbonyl (C=O) groups excluding carboxylic acids is 2. The fourth-order valence-corrected chi connectivity index (χ4v) is 5.40. The van der Waals surface area contributed by atoms with Crippen molar-refractivity contribution in [1.29, 1.82) is 0 Å². The zero-order valence-corrected chi connectivity index (χ0v) is 20.2. The fraction of sp³-hybridized carbons (Fsp3) is 0.464. The maximum absolute atomic E-state index is 13.0. The van der Waals surface area contributed by atoms with Crippen molar-refractivity contribution in [3.05, 3.63) is 59.7 Å². The van der Waals surface area contributed by atoms with Crippen LogP contribution in [0.3, 0.4) is 0 Å². The molecule has 1 fully saturated rings. The van der Waals surface area contributed by atoms with Crippen molar-refractivity contribution in [2.24, 2.45) is 5.92 Å². The van der Waals surface area contributed by atoms with Crippen LogP contribution in [0.15, 0.2) is 48.5 Å². The van der Waals surface area contributed by atoms with Crippen LogP contribution in [0.25, 0.3) is 11.1 Å². The smallest absolute Gasteiger partial charge is 0.407 e. The van der Waals surface area contributed by atoms with Crippen LogP contribution in [0, 0.1) is 5.92 Å². The summed E-state index contributed by atoms with van der Waals surface area (Å²) in [5.41, 5.74) is 4.64. The second-order valence-electron chi connectivity index (χ2n) is 9.53. The number of alkyl carbamates (subject to hydrolysis) is 1. The van der Waals surface area contributed by atoms with Gasteiger partial charge in [0.2, 0.25) is 5.91 Å². The van der Waals surface area contributed by atoms with E-state index in [2.05, 4.69) is 34.9 Å². The van der Waals surface area contributed by atoms with E-state index >= 15 is 0 Å². The van der Waals surface area contributed by atoms with E-state index in [1.54, 1.807) is 0 Å². The molecule has 7 nitrogen and oxygen atoms in total. The van der Waals surface area contributed by atoms with Gasteiger partial charge in [-0.1, -0.05) is 74.7 Å². The summed E-state index contributed by atoms with van der Waals surface area (Å²) >= 11 is 0. The number of hydrogen-bond donors (Lipinski definition) is 3. The number of nitrogens with one attached hydrogen (secondary N) is 2. The van der Waals surface area contributed by atoms with Gasteiger partial charge in [-0.3, -0.25) is 9.59 Å². The van der Waals surface area contributed by atoms with Crippen LogP contribution >= 0.6 is 0 Å². The average Bonchev–Trinajstić information content (AvgIpc) is 2.98. The molecule has 2 aromatic rings. The third-order valence-corrected chi connectivity index (χ3v) is 7.26. The van der Waals surface area contributed by atoms with Crippen LogP contribution in [0.4, 0.5) is 4.79 Å². The molecule has 0 saturated heterocycles. The van der Waals surface area contributed by atoms with Crippen LogP contribution in [-0.4, -0.2) is 41.8 Å². The Hall–Kier alpha value is -3.35. The standard InChI is InChI=1S/C28H34N2O5/c1-2-18(16-26(31)32)29-27(33)23-14-4-3-5-15-25(23)30-28(34)35-17-24-21-12-8-6-10-19(21)20-11-7-9-13-22(20)24/h6-13,18,23-25H,2-5,14-17H2,1H3,(H,29,33)(H,30,34)(H,31,32)/t18-,23?,25?/m1/s1. The van der Waals surface area contributed by atoms with Gasteiger partial charge in [0.1, 0.15) is 6.61 Å². The van der Waals surface area contributed by atoms with Gasteiger partial charge in [-0.15, -0.1) is 0 Å². The highest BCUT2D eigenvalue weighted by Gasteiger charge is 2.33. The molecule has 7 heteroatoms. The monoisotopic (exact) mass is 478 g/mol. The molecule has 2 unspecified atom stereocenters. The van der Waals surface area contributed by atoms with Crippen LogP contribution in [0.1, 0.15) is 68.9 Å². The molecule has 2 aromatic carbocycles. The number of carbonyl (C=O) groups is 3. The van der Waals surface area contributed by atoms with E-state index < -0.39 is 24.0 Å². The molecule has 0 aliphatic heterocycles. The molecule has 0 heterocycles. The van der Waals surface area contributed by atoms with Crippen LogP contribution in [0.5, 0.6) is 0 Å². The largest absolute Gasteiger partial charge is 0.481 e. The molecule has 0 spiro atoms. The number of fused-ring (bicyclic) bond motifs is 3. The first-order valence-corrected chi connectivity index (χ1v) is 12.6. The summed E-state index contributed by atoms with van der Waals surface area (Å²) in [5, 5.41) is 14.9. The van der Waals surface area contributed by atoms with Crippen molar-refractivity contribution in [2.45, 2.75) is 69.9 Å². The van der Waals surface area contributed by atoms with Gasteiger partial charge >= 0.3 is 12.1 Å². The molecule has 1 saturated carbocycles. The topological polar surface area (TPSA) is 105 Å². The molecule has 2 aliphatic carbocycles. The SMILES string of the molecule is CC[C@H](CC(=O)O)NC(=O)C1CCCCCC1NC(=O)OCC1c2ccccc2-c2ccccc21. The lowest BCUT2D eigenvalue weighted by molar-refractivity contribution is -0.137. The summed E-state index contributed by atoms with van der Waals surface area (Å²) in [4.78, 5) is 37.0. The number of benzene rings is 2. The van der Waals surface area contributed by atoms with Crippen molar-refractivity contribution >= 4 is 18.0 Å². The van der Waals surface area contributed by atoms with Gasteiger partial charge in [-0.25, -0.2) is 4.79 Å². The number of rotatable bonds is 8. The Morgan fingerprint density at radius 2 is 1.60 bits per heavy atom. The summed E-state index contributed by atoms with van der Waals surface area (Å²) in [6, 6.07) is 15.6. The highest BCUT2D eigenvalue weighted by Crippen LogP contribution is 2.44. The highest BCUT2D eigenvalue weighted by molar-refractivity contribution is 5.82. The first-order valence-electron chi connectivity index (χ1n) is 12.6. The fourth-order valence-electron chi connectivity index (χ4n) is 5.40. The van der Waals surface area contributed by atoms with Gasteiger partial charge in [0.05, 0.1) is 12.3 Å². The van der Waals surface area contributed by atoms with Crippen molar-refractivity contribution in [2.75, 3.05) is 6.61 Å². The Labute approximate surface area is 206 Å². The Kier molecular flexibility index (Phi) is 8.06. The minimum Gasteiger partial charge on any atom is -0.481 e. The van der Waals surface area contributed by atoms with E-state index in [9.17, 15) is 14.4 Å². The highest BCUT2D eigenvalue weighted by atomic mass is 16.5. The summed E-state index contributed by atoms with van der Waals surface area (Å²) in [6.45, 7) is 2.08. The minimum absolute atomic E-state index is 0.0253. The van der Waals surface area contributed by atoms with E-state index in [-0.39, 0.29) is 30.9 Å². The third-order valence-electron chi connectivity index (χ3n) is 7.26. The average molecular weight is 479 g/mol. The summed E-state index contributed by atoms with van der Waals surface area (Å²) in [6.07, 6.45) is 4.07. The van der Waals surface area contributed by atoms with Crippen molar-refractivity contribution in [1.82, 2.24) is 10.6 Å². The molecule has 0 radical (unpaired) electrons. The second kappa shape index (κ2) is 11.4. The zero-order chi connectivity index (χ0) is 24.8. The maximum Gasteiger partial charge on any atom is 0.407 e. The quantitative estimate of drug-likeness (QED) is 0.471. The molecule has 2 amide bonds. The molecule has 186 valence electrons. The van der Waals surface area contributed by atoms with Crippen LogP contribution in [-0.2, 0) is 14.3 Å². The number of aliphatic carboxylic acids is 1. The van der Waals surface area contributed by atoms with Gasteiger partial charge in [0, 0.05) is 18.0 Å². The first kappa shape index (κ1) is 24.8. The Morgan fingerprint density at radius 3 is 2.23 bits per heavy atom. The Balaban J connectivity index is 1.40.